The Bertz CT molecular complexity index is 645. The molecule has 102 valence electrons. The van der Waals surface area contributed by atoms with E-state index in [1.54, 1.807) is 18.2 Å². The van der Waals surface area contributed by atoms with E-state index < -0.39 is 5.97 Å². The van der Waals surface area contributed by atoms with Crippen molar-refractivity contribution in [3.8, 4) is 22.9 Å². The number of unbranched alkanes of at least 4 members (excludes halogenated alkanes) is 1. The van der Waals surface area contributed by atoms with E-state index in [1.807, 2.05) is 0 Å². The minimum absolute atomic E-state index is 0.274. The summed E-state index contributed by atoms with van der Waals surface area (Å²) in [5, 5.41) is 0.457. The first-order valence-corrected chi connectivity index (χ1v) is 6.85. The second-order valence-corrected chi connectivity index (χ2v) is 4.98. The first-order valence-electron chi connectivity index (χ1n) is 6.03. The molecule has 2 aromatic rings. The number of halogens is 1. The van der Waals surface area contributed by atoms with E-state index in [1.165, 1.54) is 12.3 Å². The molecule has 0 radical (unpaired) electrons. The molecule has 0 spiro atoms. The van der Waals surface area contributed by atoms with Crippen LogP contribution in [-0.4, -0.2) is 17.6 Å². The van der Waals surface area contributed by atoms with Crippen LogP contribution in [0.4, 0.5) is 4.39 Å². The Morgan fingerprint density at radius 1 is 1.45 bits per heavy atom. The van der Waals surface area contributed by atoms with E-state index in [0.29, 0.717) is 28.3 Å². The minimum Gasteiger partial charge on any atom is -0.461 e. The van der Waals surface area contributed by atoms with Gasteiger partial charge in [0, 0.05) is 12.0 Å². The highest BCUT2D eigenvalue weighted by molar-refractivity contribution is 7.16. The highest BCUT2D eigenvalue weighted by atomic mass is 32.1. The van der Waals surface area contributed by atoms with Crippen molar-refractivity contribution < 1.29 is 13.9 Å². The number of carbonyl (C=O) groups is 1. The molecule has 0 aliphatic heterocycles. The zero-order valence-corrected chi connectivity index (χ0v) is 11.5. The molecule has 0 unspecified atom stereocenters. The maximum atomic E-state index is 13.6. The van der Waals surface area contributed by atoms with Crippen LogP contribution < -0.4 is 0 Å². The summed E-state index contributed by atoms with van der Waals surface area (Å²) in [6.07, 6.45) is 7.70. The number of terminal acetylenes is 1. The Morgan fingerprint density at radius 3 is 3.00 bits per heavy atom. The molecular weight excluding hydrogens is 277 g/mol. The maximum absolute atomic E-state index is 13.6. The van der Waals surface area contributed by atoms with Gasteiger partial charge in [0.05, 0.1) is 12.8 Å². The van der Waals surface area contributed by atoms with Crippen LogP contribution >= 0.6 is 11.3 Å². The molecule has 0 aliphatic rings. The molecule has 3 nitrogen and oxygen atoms in total. The van der Waals surface area contributed by atoms with Crippen LogP contribution in [0.3, 0.4) is 0 Å². The van der Waals surface area contributed by atoms with Crippen molar-refractivity contribution in [3.63, 3.8) is 0 Å². The van der Waals surface area contributed by atoms with Gasteiger partial charge in [0.1, 0.15) is 15.7 Å². The van der Waals surface area contributed by atoms with Crippen LogP contribution in [0.2, 0.25) is 0 Å². The molecule has 1 aromatic carbocycles. The average Bonchev–Trinajstić information content (AvgIpc) is 2.93. The van der Waals surface area contributed by atoms with E-state index >= 15 is 0 Å². The minimum atomic E-state index is -0.456. The number of carbonyl (C=O) groups excluding carboxylic acids is 1. The molecule has 0 aliphatic carbocycles. The lowest BCUT2D eigenvalue weighted by atomic mass is 10.2. The number of ether oxygens (including phenoxy) is 1. The summed E-state index contributed by atoms with van der Waals surface area (Å²) in [6, 6.07) is 6.30. The Hall–Kier alpha value is -2.19. The average molecular weight is 289 g/mol. The Kier molecular flexibility index (Phi) is 4.85. The lowest BCUT2D eigenvalue weighted by Gasteiger charge is -2.00. The van der Waals surface area contributed by atoms with Gasteiger partial charge in [0.25, 0.3) is 0 Å². The fourth-order valence-corrected chi connectivity index (χ4v) is 2.37. The highest BCUT2D eigenvalue weighted by Crippen LogP contribution is 2.27. The van der Waals surface area contributed by atoms with Gasteiger partial charge in [-0.2, -0.15) is 0 Å². The molecule has 1 heterocycles. The normalized spacial score (nSPS) is 10.0. The summed E-state index contributed by atoms with van der Waals surface area (Å²) in [5.41, 5.74) is 0.379. The van der Waals surface area contributed by atoms with Crippen molar-refractivity contribution in [3.05, 3.63) is 41.2 Å². The smallest absolute Gasteiger partial charge is 0.349 e. The largest absolute Gasteiger partial charge is 0.461 e. The predicted octanol–water partition coefficient (Wildman–Crippen LogP) is 3.52. The van der Waals surface area contributed by atoms with Crippen LogP contribution in [-0.2, 0) is 4.74 Å². The molecule has 0 amide bonds. The summed E-state index contributed by atoms with van der Waals surface area (Å²) < 4.78 is 18.7. The van der Waals surface area contributed by atoms with Crippen molar-refractivity contribution in [1.29, 1.82) is 0 Å². The zero-order valence-electron chi connectivity index (χ0n) is 10.6. The quantitative estimate of drug-likeness (QED) is 0.480. The van der Waals surface area contributed by atoms with Gasteiger partial charge in [0.2, 0.25) is 0 Å². The van der Waals surface area contributed by atoms with Gasteiger partial charge in [0.15, 0.2) is 0 Å². The van der Waals surface area contributed by atoms with Crippen molar-refractivity contribution in [2.75, 3.05) is 6.61 Å². The number of benzene rings is 1. The number of nitrogens with zero attached hydrogens (tertiary/aromatic N) is 1. The molecule has 0 atom stereocenters. The van der Waals surface area contributed by atoms with E-state index in [4.69, 9.17) is 11.2 Å². The first-order chi connectivity index (χ1) is 9.72. The van der Waals surface area contributed by atoms with Crippen LogP contribution in [0.25, 0.3) is 10.6 Å². The van der Waals surface area contributed by atoms with Gasteiger partial charge >= 0.3 is 5.97 Å². The fraction of sp³-hybridized carbons (Fsp3) is 0.200. The van der Waals surface area contributed by atoms with Crippen molar-refractivity contribution in [1.82, 2.24) is 4.98 Å². The standard InChI is InChI=1S/C15H12FNO2S/c1-2-3-6-9-19-15(18)13-10-17-14(20-13)11-7-4-5-8-12(11)16/h1,4-5,7-8,10H,3,6,9H2. The molecule has 0 N–H and O–H groups in total. The van der Waals surface area contributed by atoms with Crippen molar-refractivity contribution >= 4 is 17.3 Å². The number of thiazole rings is 1. The SMILES string of the molecule is C#CCCCOC(=O)c1cnc(-c2ccccc2F)s1. The second-order valence-electron chi connectivity index (χ2n) is 3.95. The molecule has 0 saturated carbocycles. The molecule has 1 aromatic heterocycles. The van der Waals surface area contributed by atoms with E-state index in [2.05, 4.69) is 10.9 Å². The molecule has 2 rings (SSSR count). The molecule has 0 fully saturated rings. The highest BCUT2D eigenvalue weighted by Gasteiger charge is 2.14. The second kappa shape index (κ2) is 6.83. The van der Waals surface area contributed by atoms with Gasteiger partial charge in [-0.3, -0.25) is 0 Å². The summed E-state index contributed by atoms with van der Waals surface area (Å²) in [7, 11) is 0. The number of esters is 1. The lowest BCUT2D eigenvalue weighted by molar-refractivity contribution is 0.0507. The Morgan fingerprint density at radius 2 is 2.25 bits per heavy atom. The van der Waals surface area contributed by atoms with Gasteiger partial charge in [-0.15, -0.1) is 23.7 Å². The summed E-state index contributed by atoms with van der Waals surface area (Å²) in [4.78, 5) is 16.1. The van der Waals surface area contributed by atoms with E-state index in [9.17, 15) is 9.18 Å². The summed E-state index contributed by atoms with van der Waals surface area (Å²) in [5.74, 6) is 1.65. The molecule has 20 heavy (non-hydrogen) atoms. The Balaban J connectivity index is 2.04. The topological polar surface area (TPSA) is 39.2 Å². The molecule has 0 bridgehead atoms. The predicted molar refractivity (Wildman–Crippen MR) is 75.9 cm³/mol. The third-order valence-electron chi connectivity index (χ3n) is 2.51. The van der Waals surface area contributed by atoms with Crippen LogP contribution in [0.5, 0.6) is 0 Å². The van der Waals surface area contributed by atoms with Crippen LogP contribution in [0.15, 0.2) is 30.5 Å². The van der Waals surface area contributed by atoms with Crippen molar-refractivity contribution in [2.45, 2.75) is 12.8 Å². The first kappa shape index (κ1) is 14.2. The lowest BCUT2D eigenvalue weighted by Crippen LogP contribution is -2.04. The summed E-state index contributed by atoms with van der Waals surface area (Å²) >= 11 is 1.11. The van der Waals surface area contributed by atoms with E-state index in [-0.39, 0.29) is 12.4 Å². The van der Waals surface area contributed by atoms with Crippen LogP contribution in [0, 0.1) is 18.2 Å². The molecule has 0 saturated heterocycles. The Labute approximate surface area is 120 Å². The van der Waals surface area contributed by atoms with Gasteiger partial charge < -0.3 is 4.74 Å². The monoisotopic (exact) mass is 289 g/mol. The molecule has 5 heteroatoms. The van der Waals surface area contributed by atoms with Crippen molar-refractivity contribution in [2.24, 2.45) is 0 Å². The molecular formula is C15H12FNO2S. The number of aromatic nitrogens is 1. The van der Waals surface area contributed by atoms with Crippen LogP contribution in [0.1, 0.15) is 22.5 Å². The van der Waals surface area contributed by atoms with Gasteiger partial charge in [-0.25, -0.2) is 14.2 Å². The number of hydrogen-bond acceptors (Lipinski definition) is 4. The third-order valence-corrected chi connectivity index (χ3v) is 3.52. The number of hydrogen-bond donors (Lipinski definition) is 0. The number of rotatable bonds is 5. The third kappa shape index (κ3) is 3.43. The van der Waals surface area contributed by atoms with Gasteiger partial charge in [-0.05, 0) is 18.6 Å². The zero-order chi connectivity index (χ0) is 14.4. The van der Waals surface area contributed by atoms with Gasteiger partial charge in [-0.1, -0.05) is 12.1 Å². The maximum Gasteiger partial charge on any atom is 0.349 e. The van der Waals surface area contributed by atoms with E-state index in [0.717, 1.165) is 11.3 Å². The summed E-state index contributed by atoms with van der Waals surface area (Å²) in [6.45, 7) is 0.274. The fourth-order valence-electron chi connectivity index (χ4n) is 1.54.